The highest BCUT2D eigenvalue weighted by Crippen LogP contribution is 2.20. The molecule has 1 aliphatic rings. The van der Waals surface area contributed by atoms with E-state index in [2.05, 4.69) is 10.1 Å². The molecule has 1 saturated heterocycles. The van der Waals surface area contributed by atoms with Gasteiger partial charge in [-0.3, -0.25) is 4.98 Å². The molecule has 1 fully saturated rings. The van der Waals surface area contributed by atoms with E-state index >= 15 is 0 Å². The number of hydrogen-bond acceptors (Lipinski definition) is 4. The van der Waals surface area contributed by atoms with Crippen molar-refractivity contribution >= 4 is 16.9 Å². The van der Waals surface area contributed by atoms with E-state index in [0.29, 0.717) is 11.7 Å². The number of rotatable bonds is 3. The van der Waals surface area contributed by atoms with Crippen molar-refractivity contribution in [3.8, 4) is 0 Å². The summed E-state index contributed by atoms with van der Waals surface area (Å²) in [5.74, 6) is 0.845. The van der Waals surface area contributed by atoms with Gasteiger partial charge in [-0.1, -0.05) is 11.8 Å². The fraction of sp³-hybridized carbons (Fsp3) is 0.333. The van der Waals surface area contributed by atoms with E-state index in [1.54, 1.807) is 12.4 Å². The molecule has 0 aliphatic carbocycles. The van der Waals surface area contributed by atoms with Crippen molar-refractivity contribution in [2.24, 2.45) is 5.10 Å². The minimum atomic E-state index is -0.646. The SMILES string of the molecule is O=[N+]([O-])/N=C1/SCCN1Cc1ccncc1. The topological polar surface area (TPSA) is 71.6 Å². The van der Waals surface area contributed by atoms with Crippen molar-refractivity contribution in [1.82, 2.24) is 9.88 Å². The summed E-state index contributed by atoms with van der Waals surface area (Å²) in [7, 11) is 0. The van der Waals surface area contributed by atoms with Crippen molar-refractivity contribution in [3.05, 3.63) is 40.2 Å². The number of thioether (sulfide) groups is 1. The molecule has 1 aliphatic heterocycles. The number of amidine groups is 1. The summed E-state index contributed by atoms with van der Waals surface area (Å²) in [5.41, 5.74) is 1.08. The second-order valence-electron chi connectivity index (χ2n) is 3.25. The van der Waals surface area contributed by atoms with E-state index in [-0.39, 0.29) is 0 Å². The Morgan fingerprint density at radius 2 is 2.31 bits per heavy atom. The fourth-order valence-corrected chi connectivity index (χ4v) is 2.41. The maximum absolute atomic E-state index is 10.3. The summed E-state index contributed by atoms with van der Waals surface area (Å²) in [6.07, 6.45) is 3.42. The highest BCUT2D eigenvalue weighted by molar-refractivity contribution is 8.14. The van der Waals surface area contributed by atoms with Gasteiger partial charge < -0.3 is 4.90 Å². The molecule has 0 N–H and O–H groups in total. The molecule has 1 aromatic rings. The monoisotopic (exact) mass is 238 g/mol. The van der Waals surface area contributed by atoms with Gasteiger partial charge in [0.2, 0.25) is 5.17 Å². The molecule has 6 nitrogen and oxygen atoms in total. The summed E-state index contributed by atoms with van der Waals surface area (Å²) >= 11 is 1.42. The third kappa shape index (κ3) is 2.69. The Morgan fingerprint density at radius 1 is 1.56 bits per heavy atom. The van der Waals surface area contributed by atoms with Gasteiger partial charge in [-0.05, 0) is 17.7 Å². The van der Waals surface area contributed by atoms with Crippen LogP contribution in [0.5, 0.6) is 0 Å². The Morgan fingerprint density at radius 3 is 3.00 bits per heavy atom. The van der Waals surface area contributed by atoms with Crippen LogP contribution in [0.1, 0.15) is 5.56 Å². The van der Waals surface area contributed by atoms with Crippen molar-refractivity contribution in [1.29, 1.82) is 0 Å². The molecule has 0 saturated carbocycles. The van der Waals surface area contributed by atoms with Crippen LogP contribution < -0.4 is 0 Å². The Kier molecular flexibility index (Phi) is 3.35. The van der Waals surface area contributed by atoms with Gasteiger partial charge in [0.15, 0.2) is 5.03 Å². The van der Waals surface area contributed by atoms with Crippen LogP contribution in [0.3, 0.4) is 0 Å². The first kappa shape index (κ1) is 10.9. The zero-order valence-electron chi connectivity index (χ0n) is 8.44. The normalized spacial score (nSPS) is 18.0. The van der Waals surface area contributed by atoms with Crippen LogP contribution in [0.2, 0.25) is 0 Å². The predicted octanol–water partition coefficient (Wildman–Crippen LogP) is 1.18. The molecule has 16 heavy (non-hydrogen) atoms. The second kappa shape index (κ2) is 4.93. The van der Waals surface area contributed by atoms with Crippen LogP contribution in [-0.4, -0.2) is 32.4 Å². The largest absolute Gasteiger partial charge is 0.341 e. The minimum Gasteiger partial charge on any atom is -0.341 e. The molecule has 2 heterocycles. The molecule has 0 unspecified atom stereocenters. The van der Waals surface area contributed by atoms with Crippen LogP contribution in [0.4, 0.5) is 0 Å². The molecule has 0 bridgehead atoms. The molecule has 0 aromatic carbocycles. The van der Waals surface area contributed by atoms with Crippen LogP contribution in [0.15, 0.2) is 29.6 Å². The highest BCUT2D eigenvalue weighted by atomic mass is 32.2. The average molecular weight is 238 g/mol. The third-order valence-electron chi connectivity index (χ3n) is 2.15. The Balaban J connectivity index is 2.07. The van der Waals surface area contributed by atoms with Crippen molar-refractivity contribution in [2.45, 2.75) is 6.54 Å². The average Bonchev–Trinajstić information content (AvgIpc) is 2.66. The van der Waals surface area contributed by atoms with E-state index in [1.807, 2.05) is 17.0 Å². The number of hydrogen-bond donors (Lipinski definition) is 0. The van der Waals surface area contributed by atoms with Gasteiger partial charge in [-0.2, -0.15) is 0 Å². The van der Waals surface area contributed by atoms with Crippen molar-refractivity contribution in [3.63, 3.8) is 0 Å². The maximum Gasteiger partial charge on any atom is 0.238 e. The summed E-state index contributed by atoms with van der Waals surface area (Å²) in [6, 6.07) is 3.79. The first-order chi connectivity index (χ1) is 7.75. The summed E-state index contributed by atoms with van der Waals surface area (Å²) < 4.78 is 0. The lowest BCUT2D eigenvalue weighted by Gasteiger charge is -2.15. The lowest BCUT2D eigenvalue weighted by molar-refractivity contribution is -0.485. The van der Waals surface area contributed by atoms with E-state index in [4.69, 9.17) is 0 Å². The quantitative estimate of drug-likeness (QED) is 0.584. The van der Waals surface area contributed by atoms with Crippen molar-refractivity contribution < 1.29 is 5.03 Å². The number of nitro groups is 1. The molecule has 1 aromatic heterocycles. The molecule has 0 amide bonds. The molecule has 0 radical (unpaired) electrons. The Hall–Kier alpha value is -1.63. The first-order valence-corrected chi connectivity index (χ1v) is 5.74. The lowest BCUT2D eigenvalue weighted by Crippen LogP contribution is -2.24. The standard InChI is InChI=1S/C9H10N4O2S/c14-13(15)11-9-12(5-6-16-9)7-8-1-3-10-4-2-8/h1-4H,5-7H2/b11-9+. The summed E-state index contributed by atoms with van der Waals surface area (Å²) in [6.45, 7) is 1.43. The van der Waals surface area contributed by atoms with Gasteiger partial charge in [0, 0.05) is 31.2 Å². The first-order valence-electron chi connectivity index (χ1n) is 4.75. The van der Waals surface area contributed by atoms with Crippen LogP contribution >= 0.6 is 11.8 Å². The predicted molar refractivity (Wildman–Crippen MR) is 61.5 cm³/mol. The molecule has 2 rings (SSSR count). The lowest BCUT2D eigenvalue weighted by atomic mass is 10.2. The highest BCUT2D eigenvalue weighted by Gasteiger charge is 2.22. The van der Waals surface area contributed by atoms with Gasteiger partial charge in [0.1, 0.15) is 0 Å². The van der Waals surface area contributed by atoms with Gasteiger partial charge in [-0.25, -0.2) is 10.1 Å². The van der Waals surface area contributed by atoms with Crippen LogP contribution in [-0.2, 0) is 6.54 Å². The number of aromatic nitrogens is 1. The smallest absolute Gasteiger partial charge is 0.238 e. The van der Waals surface area contributed by atoms with E-state index in [1.165, 1.54) is 11.8 Å². The van der Waals surface area contributed by atoms with Gasteiger partial charge >= 0.3 is 0 Å². The maximum atomic E-state index is 10.3. The molecular formula is C9H10N4O2S. The van der Waals surface area contributed by atoms with Gasteiger partial charge in [0.25, 0.3) is 0 Å². The second-order valence-corrected chi connectivity index (χ2v) is 4.31. The minimum absolute atomic E-state index is 0.488. The third-order valence-corrected chi connectivity index (χ3v) is 3.14. The number of nitrogens with zero attached hydrogens (tertiary/aromatic N) is 4. The fourth-order valence-electron chi connectivity index (χ4n) is 1.45. The Bertz CT molecular complexity index is 409. The van der Waals surface area contributed by atoms with E-state index in [9.17, 15) is 10.1 Å². The Labute approximate surface area is 96.5 Å². The number of pyridine rings is 1. The molecule has 0 atom stereocenters. The van der Waals surface area contributed by atoms with Gasteiger partial charge in [-0.15, -0.1) is 0 Å². The van der Waals surface area contributed by atoms with Gasteiger partial charge in [0.05, 0.1) is 5.10 Å². The number of hydrazone groups is 1. The van der Waals surface area contributed by atoms with Crippen LogP contribution in [0.25, 0.3) is 0 Å². The zero-order valence-corrected chi connectivity index (χ0v) is 9.26. The molecular weight excluding hydrogens is 228 g/mol. The van der Waals surface area contributed by atoms with Crippen molar-refractivity contribution in [2.75, 3.05) is 12.3 Å². The van der Waals surface area contributed by atoms with Crippen LogP contribution in [0, 0.1) is 10.1 Å². The molecule has 0 spiro atoms. The van der Waals surface area contributed by atoms with E-state index in [0.717, 1.165) is 17.9 Å². The van der Waals surface area contributed by atoms with E-state index < -0.39 is 5.03 Å². The molecule has 84 valence electrons. The summed E-state index contributed by atoms with van der Waals surface area (Å²) in [4.78, 5) is 16.2. The molecule has 7 heteroatoms. The summed E-state index contributed by atoms with van der Waals surface area (Å²) in [5, 5.41) is 13.5. The zero-order chi connectivity index (χ0) is 11.4.